The molecular weight excluding hydrogens is 467 g/mol. The van der Waals surface area contributed by atoms with Crippen LogP contribution in [0.1, 0.15) is 24.0 Å². The van der Waals surface area contributed by atoms with Crippen LogP contribution in [0.4, 0.5) is 10.1 Å². The number of benzene rings is 3. The Morgan fingerprint density at radius 1 is 0.917 bits per heavy atom. The molecule has 10 heteroatoms. The molecule has 0 saturated carbocycles. The van der Waals surface area contributed by atoms with Crippen molar-refractivity contribution in [2.24, 2.45) is 0 Å². The van der Waals surface area contributed by atoms with Crippen molar-refractivity contribution in [3.8, 4) is 0 Å². The van der Waals surface area contributed by atoms with Crippen LogP contribution in [0.3, 0.4) is 0 Å². The van der Waals surface area contributed by atoms with Gasteiger partial charge >= 0.3 is 5.69 Å². The van der Waals surface area contributed by atoms with Gasteiger partial charge in [0.2, 0.25) is 5.91 Å². The van der Waals surface area contributed by atoms with Crippen molar-refractivity contribution in [3.05, 3.63) is 121 Å². The molecule has 0 aliphatic carbocycles. The molecule has 0 spiro atoms. The largest absolute Gasteiger partial charge is 0.352 e. The highest BCUT2D eigenvalue weighted by atomic mass is 19.1. The Morgan fingerprint density at radius 2 is 1.58 bits per heavy atom. The molecule has 3 aromatic carbocycles. The van der Waals surface area contributed by atoms with Crippen molar-refractivity contribution < 1.29 is 14.1 Å². The Hall–Kier alpha value is -4.60. The number of carbonyl (C=O) groups is 1. The minimum atomic E-state index is -0.524. The lowest BCUT2D eigenvalue weighted by Crippen LogP contribution is -2.40. The quantitative estimate of drug-likeness (QED) is 0.285. The van der Waals surface area contributed by atoms with E-state index in [4.69, 9.17) is 0 Å². The average Bonchev–Trinajstić information content (AvgIpc) is 2.88. The summed E-state index contributed by atoms with van der Waals surface area (Å²) in [5.41, 5.74) is 0.853. The number of carbonyl (C=O) groups excluding carboxylic acids is 1. The predicted octanol–water partition coefficient (Wildman–Crippen LogP) is 3.36. The first-order valence-electron chi connectivity index (χ1n) is 11.3. The van der Waals surface area contributed by atoms with Gasteiger partial charge in [0.15, 0.2) is 0 Å². The zero-order valence-corrected chi connectivity index (χ0v) is 19.2. The minimum Gasteiger partial charge on any atom is -0.352 e. The number of aromatic nitrogens is 2. The van der Waals surface area contributed by atoms with Gasteiger partial charge in [-0.3, -0.25) is 28.8 Å². The van der Waals surface area contributed by atoms with Gasteiger partial charge < -0.3 is 5.32 Å². The molecule has 4 rings (SSSR count). The number of rotatable bonds is 9. The van der Waals surface area contributed by atoms with Crippen molar-refractivity contribution in [1.82, 2.24) is 14.5 Å². The number of non-ortho nitro benzene ring substituents is 1. The van der Waals surface area contributed by atoms with Gasteiger partial charge in [-0.25, -0.2) is 9.18 Å². The summed E-state index contributed by atoms with van der Waals surface area (Å²) in [5.74, 6) is -0.607. The molecule has 0 aliphatic heterocycles. The third-order valence-corrected chi connectivity index (χ3v) is 5.81. The normalized spacial score (nSPS) is 10.9. The Balaban J connectivity index is 1.51. The number of hydrogen-bond donors (Lipinski definition) is 1. The molecule has 1 N–H and O–H groups in total. The van der Waals surface area contributed by atoms with Gasteiger partial charge in [-0.2, -0.15) is 0 Å². The highest BCUT2D eigenvalue weighted by molar-refractivity contribution is 5.78. The van der Waals surface area contributed by atoms with Crippen LogP contribution in [-0.4, -0.2) is 20.0 Å². The van der Waals surface area contributed by atoms with E-state index in [1.54, 1.807) is 48.5 Å². The molecule has 1 heterocycles. The number of halogens is 1. The molecule has 184 valence electrons. The Labute approximate surface area is 204 Å². The van der Waals surface area contributed by atoms with Crippen molar-refractivity contribution in [1.29, 1.82) is 0 Å². The van der Waals surface area contributed by atoms with Gasteiger partial charge in [0.05, 0.1) is 22.4 Å². The molecule has 0 fully saturated rings. The van der Waals surface area contributed by atoms with Crippen LogP contribution >= 0.6 is 0 Å². The number of nitrogens with one attached hydrogen (secondary N) is 1. The molecule has 4 aromatic rings. The van der Waals surface area contributed by atoms with Gasteiger partial charge in [0.1, 0.15) is 5.82 Å². The van der Waals surface area contributed by atoms with Crippen LogP contribution in [0, 0.1) is 15.9 Å². The zero-order chi connectivity index (χ0) is 25.7. The third-order valence-electron chi connectivity index (χ3n) is 5.81. The van der Waals surface area contributed by atoms with E-state index in [-0.39, 0.29) is 49.9 Å². The summed E-state index contributed by atoms with van der Waals surface area (Å²) < 4.78 is 15.6. The fourth-order valence-corrected chi connectivity index (χ4v) is 3.92. The monoisotopic (exact) mass is 490 g/mol. The van der Waals surface area contributed by atoms with Crippen molar-refractivity contribution in [3.63, 3.8) is 0 Å². The number of amides is 1. The summed E-state index contributed by atoms with van der Waals surface area (Å²) in [5, 5.41) is 14.0. The summed E-state index contributed by atoms with van der Waals surface area (Å²) in [6, 6.07) is 18.4. The van der Waals surface area contributed by atoms with Gasteiger partial charge in [-0.1, -0.05) is 36.4 Å². The van der Waals surface area contributed by atoms with Crippen LogP contribution in [0.2, 0.25) is 0 Å². The molecule has 0 unspecified atom stereocenters. The first-order valence-corrected chi connectivity index (χ1v) is 11.3. The topological polar surface area (TPSA) is 116 Å². The molecular formula is C26H23FN4O5. The number of nitrogens with zero attached hydrogens (tertiary/aromatic N) is 3. The molecule has 0 radical (unpaired) electrons. The standard InChI is InChI=1S/C26H23FN4O5/c27-20-11-7-18(8-12-20)16-28-24(32)6-3-15-29-25(33)22-4-1-2-5-23(22)30(26(29)34)17-19-9-13-21(14-10-19)31(35)36/h1-2,4-5,7-14H,3,6,15-17H2,(H,28,32). The van der Waals surface area contributed by atoms with Crippen LogP contribution in [0.25, 0.3) is 10.9 Å². The van der Waals surface area contributed by atoms with E-state index < -0.39 is 16.2 Å². The number of fused-ring (bicyclic) bond motifs is 1. The van der Waals surface area contributed by atoms with Crippen molar-refractivity contribution >= 4 is 22.5 Å². The van der Waals surface area contributed by atoms with Gasteiger partial charge in [-0.15, -0.1) is 0 Å². The van der Waals surface area contributed by atoms with Crippen molar-refractivity contribution in [2.45, 2.75) is 32.5 Å². The van der Waals surface area contributed by atoms with Crippen LogP contribution in [0.15, 0.2) is 82.4 Å². The molecule has 36 heavy (non-hydrogen) atoms. The number of para-hydroxylation sites is 1. The molecule has 9 nitrogen and oxygen atoms in total. The lowest BCUT2D eigenvalue weighted by atomic mass is 10.2. The van der Waals surface area contributed by atoms with Gasteiger partial charge in [0, 0.05) is 31.6 Å². The fraction of sp³-hybridized carbons (Fsp3) is 0.192. The minimum absolute atomic E-state index is 0.0483. The lowest BCUT2D eigenvalue weighted by molar-refractivity contribution is -0.384. The van der Waals surface area contributed by atoms with E-state index >= 15 is 0 Å². The first-order chi connectivity index (χ1) is 17.3. The van der Waals surface area contributed by atoms with Crippen LogP contribution < -0.4 is 16.6 Å². The molecule has 0 bridgehead atoms. The molecule has 0 atom stereocenters. The molecule has 1 amide bonds. The van der Waals surface area contributed by atoms with Crippen LogP contribution in [-0.2, 0) is 24.4 Å². The van der Waals surface area contributed by atoms with Gasteiger partial charge in [0.25, 0.3) is 11.2 Å². The Morgan fingerprint density at radius 3 is 2.28 bits per heavy atom. The maximum absolute atomic E-state index is 13.3. The summed E-state index contributed by atoms with van der Waals surface area (Å²) in [6.45, 7) is 0.416. The summed E-state index contributed by atoms with van der Waals surface area (Å²) in [6.07, 6.45) is 0.364. The molecule has 0 saturated heterocycles. The summed E-state index contributed by atoms with van der Waals surface area (Å²) in [4.78, 5) is 49.0. The Bertz CT molecular complexity index is 1530. The van der Waals surface area contributed by atoms with Crippen LogP contribution in [0.5, 0.6) is 0 Å². The second kappa shape index (κ2) is 10.8. The second-order valence-electron chi connectivity index (χ2n) is 8.27. The zero-order valence-electron chi connectivity index (χ0n) is 19.2. The summed E-state index contributed by atoms with van der Waals surface area (Å²) >= 11 is 0. The third kappa shape index (κ3) is 5.54. The van der Waals surface area contributed by atoms with E-state index in [0.717, 1.165) is 10.1 Å². The summed E-state index contributed by atoms with van der Waals surface area (Å²) in [7, 11) is 0. The Kier molecular flexibility index (Phi) is 7.33. The SMILES string of the molecule is O=C(CCCn1c(=O)c2ccccc2n(Cc2ccc([N+](=O)[O-])cc2)c1=O)NCc1ccc(F)cc1. The maximum Gasteiger partial charge on any atom is 0.331 e. The average molecular weight is 490 g/mol. The number of nitro benzene ring substituents is 1. The van der Waals surface area contributed by atoms with E-state index in [1.165, 1.54) is 28.8 Å². The molecule has 1 aromatic heterocycles. The predicted molar refractivity (Wildman–Crippen MR) is 132 cm³/mol. The number of hydrogen-bond acceptors (Lipinski definition) is 5. The molecule has 0 aliphatic rings. The first kappa shape index (κ1) is 24.5. The van der Waals surface area contributed by atoms with Gasteiger partial charge in [-0.05, 0) is 41.8 Å². The van der Waals surface area contributed by atoms with Crippen molar-refractivity contribution in [2.75, 3.05) is 0 Å². The van der Waals surface area contributed by atoms with E-state index in [2.05, 4.69) is 5.32 Å². The fourth-order valence-electron chi connectivity index (χ4n) is 3.92. The second-order valence-corrected chi connectivity index (χ2v) is 8.27. The van der Waals surface area contributed by atoms with E-state index in [0.29, 0.717) is 16.5 Å². The number of nitro groups is 1. The van der Waals surface area contributed by atoms with E-state index in [1.807, 2.05) is 0 Å². The highest BCUT2D eigenvalue weighted by Crippen LogP contribution is 2.15. The highest BCUT2D eigenvalue weighted by Gasteiger charge is 2.14. The lowest BCUT2D eigenvalue weighted by Gasteiger charge is -2.14. The maximum atomic E-state index is 13.3. The van der Waals surface area contributed by atoms with E-state index in [9.17, 15) is 28.9 Å². The smallest absolute Gasteiger partial charge is 0.331 e.